The van der Waals surface area contributed by atoms with Crippen molar-refractivity contribution in [1.29, 1.82) is 0 Å². The molecule has 0 aliphatic heterocycles. The van der Waals surface area contributed by atoms with Crippen LogP contribution in [0.5, 0.6) is 0 Å². The zero-order valence-corrected chi connectivity index (χ0v) is 13.4. The number of sulfonamides is 1. The van der Waals surface area contributed by atoms with Crippen molar-refractivity contribution in [1.82, 2.24) is 4.72 Å². The normalized spacial score (nSPS) is 23.8. The van der Waals surface area contributed by atoms with Crippen LogP contribution in [0, 0.1) is 12.8 Å². The van der Waals surface area contributed by atoms with Crippen LogP contribution in [0.3, 0.4) is 0 Å². The van der Waals surface area contributed by atoms with Crippen molar-refractivity contribution in [2.75, 3.05) is 5.73 Å². The quantitative estimate of drug-likeness (QED) is 0.842. The van der Waals surface area contributed by atoms with Crippen LogP contribution in [0.25, 0.3) is 0 Å². The summed E-state index contributed by atoms with van der Waals surface area (Å²) in [6.45, 7) is 3.84. The van der Waals surface area contributed by atoms with Crippen LogP contribution >= 0.6 is 11.6 Å². The van der Waals surface area contributed by atoms with E-state index >= 15 is 0 Å². The van der Waals surface area contributed by atoms with Crippen LogP contribution in [0.1, 0.15) is 38.2 Å². The highest BCUT2D eigenvalue weighted by Gasteiger charge is 2.27. The first-order chi connectivity index (χ1) is 9.31. The number of nitrogens with two attached hydrogens (primary N) is 1. The zero-order valence-electron chi connectivity index (χ0n) is 11.8. The van der Waals surface area contributed by atoms with Gasteiger partial charge in [0, 0.05) is 6.04 Å². The molecule has 1 saturated carbocycles. The van der Waals surface area contributed by atoms with E-state index in [1.54, 1.807) is 13.0 Å². The predicted octanol–water partition coefficient (Wildman–Crippen LogP) is 3.09. The Kier molecular flexibility index (Phi) is 4.62. The van der Waals surface area contributed by atoms with Crippen LogP contribution < -0.4 is 10.5 Å². The van der Waals surface area contributed by atoms with Crippen molar-refractivity contribution in [2.45, 2.75) is 50.5 Å². The Hall–Kier alpha value is -0.780. The lowest BCUT2D eigenvalue weighted by molar-refractivity contribution is 0.310. The lowest BCUT2D eigenvalue weighted by atomic mass is 9.87. The minimum absolute atomic E-state index is 0.00552. The number of hydrogen-bond acceptors (Lipinski definition) is 3. The van der Waals surface area contributed by atoms with Gasteiger partial charge in [0.15, 0.2) is 0 Å². The summed E-state index contributed by atoms with van der Waals surface area (Å²) in [6.07, 6.45) is 4.20. The van der Waals surface area contributed by atoms with E-state index in [2.05, 4.69) is 11.6 Å². The molecule has 112 valence electrons. The second-order valence-electron chi connectivity index (χ2n) is 5.63. The summed E-state index contributed by atoms with van der Waals surface area (Å²) >= 11 is 5.97. The molecule has 1 fully saturated rings. The number of anilines is 1. The maximum atomic E-state index is 12.5. The van der Waals surface area contributed by atoms with Gasteiger partial charge in [0.05, 0.1) is 15.6 Å². The smallest absolute Gasteiger partial charge is 0.240 e. The minimum Gasteiger partial charge on any atom is -0.397 e. The lowest BCUT2D eigenvalue weighted by Gasteiger charge is -2.29. The van der Waals surface area contributed by atoms with Gasteiger partial charge in [0.25, 0.3) is 0 Å². The van der Waals surface area contributed by atoms with E-state index in [9.17, 15) is 8.42 Å². The predicted molar refractivity (Wildman–Crippen MR) is 82.3 cm³/mol. The molecular formula is C14H21ClN2O2S. The molecule has 0 radical (unpaired) electrons. The van der Waals surface area contributed by atoms with Gasteiger partial charge in [0.1, 0.15) is 0 Å². The third-order valence-electron chi connectivity index (χ3n) is 3.98. The van der Waals surface area contributed by atoms with Gasteiger partial charge >= 0.3 is 0 Å². The van der Waals surface area contributed by atoms with Crippen molar-refractivity contribution < 1.29 is 8.42 Å². The van der Waals surface area contributed by atoms with Gasteiger partial charge in [-0.2, -0.15) is 0 Å². The first-order valence-electron chi connectivity index (χ1n) is 6.89. The summed E-state index contributed by atoms with van der Waals surface area (Å²) in [5, 5.41) is 0.412. The molecule has 3 N–H and O–H groups in total. The second-order valence-corrected chi connectivity index (χ2v) is 7.72. The highest BCUT2D eigenvalue weighted by molar-refractivity contribution is 7.89. The first-order valence-corrected chi connectivity index (χ1v) is 8.75. The third kappa shape index (κ3) is 3.27. The Morgan fingerprint density at radius 2 is 1.95 bits per heavy atom. The molecule has 1 aromatic carbocycles. The van der Waals surface area contributed by atoms with Gasteiger partial charge < -0.3 is 5.73 Å². The van der Waals surface area contributed by atoms with Gasteiger partial charge in [-0.25, -0.2) is 13.1 Å². The monoisotopic (exact) mass is 316 g/mol. The Bertz CT molecular complexity index is 578. The van der Waals surface area contributed by atoms with Crippen LogP contribution in [0.4, 0.5) is 5.69 Å². The van der Waals surface area contributed by atoms with Gasteiger partial charge in [-0.05, 0) is 43.4 Å². The molecule has 0 bridgehead atoms. The Balaban J connectivity index is 2.26. The number of hydrogen-bond donors (Lipinski definition) is 2. The van der Waals surface area contributed by atoms with Gasteiger partial charge in [-0.15, -0.1) is 0 Å². The fourth-order valence-electron chi connectivity index (χ4n) is 2.68. The van der Waals surface area contributed by atoms with Crippen LogP contribution in [-0.2, 0) is 10.0 Å². The van der Waals surface area contributed by atoms with Crippen LogP contribution in [0.15, 0.2) is 17.0 Å². The van der Waals surface area contributed by atoms with E-state index in [0.717, 1.165) is 19.3 Å². The molecule has 2 rings (SSSR count). The van der Waals surface area contributed by atoms with Gasteiger partial charge in [-0.3, -0.25) is 0 Å². The van der Waals surface area contributed by atoms with E-state index in [-0.39, 0.29) is 10.9 Å². The molecular weight excluding hydrogens is 296 g/mol. The van der Waals surface area contributed by atoms with Crippen LogP contribution in [0.2, 0.25) is 5.02 Å². The van der Waals surface area contributed by atoms with Crippen molar-refractivity contribution in [3.8, 4) is 0 Å². The molecule has 2 unspecified atom stereocenters. The topological polar surface area (TPSA) is 72.2 Å². The molecule has 2 atom stereocenters. The Morgan fingerprint density at radius 1 is 1.30 bits per heavy atom. The Labute approximate surface area is 125 Å². The molecule has 0 heterocycles. The number of nitrogen functional groups attached to an aromatic ring is 1. The average molecular weight is 317 g/mol. The summed E-state index contributed by atoms with van der Waals surface area (Å²) in [6, 6.07) is 2.99. The van der Waals surface area contributed by atoms with Gasteiger partial charge in [-0.1, -0.05) is 31.4 Å². The molecule has 1 aliphatic rings. The number of benzene rings is 1. The molecule has 0 amide bonds. The summed E-state index contributed by atoms with van der Waals surface area (Å²) in [5.41, 5.74) is 6.72. The van der Waals surface area contributed by atoms with Crippen molar-refractivity contribution in [3.63, 3.8) is 0 Å². The highest BCUT2D eigenvalue weighted by Crippen LogP contribution is 2.29. The van der Waals surface area contributed by atoms with Crippen molar-refractivity contribution in [2.24, 2.45) is 5.92 Å². The van der Waals surface area contributed by atoms with E-state index in [1.807, 2.05) is 0 Å². The summed E-state index contributed by atoms with van der Waals surface area (Å²) < 4.78 is 27.7. The number of nitrogens with one attached hydrogen (secondary N) is 1. The molecule has 20 heavy (non-hydrogen) atoms. The van der Waals surface area contributed by atoms with Crippen molar-refractivity contribution >= 4 is 27.3 Å². The van der Waals surface area contributed by atoms with Crippen LogP contribution in [-0.4, -0.2) is 14.5 Å². The maximum Gasteiger partial charge on any atom is 0.240 e. The van der Waals surface area contributed by atoms with E-state index in [1.165, 1.54) is 12.5 Å². The summed E-state index contributed by atoms with van der Waals surface area (Å²) in [4.78, 5) is 0.190. The first kappa shape index (κ1) is 15.6. The number of halogens is 1. The summed E-state index contributed by atoms with van der Waals surface area (Å²) in [5.74, 6) is 0.365. The molecule has 6 heteroatoms. The largest absolute Gasteiger partial charge is 0.397 e. The SMILES string of the molecule is Cc1cc(S(=O)(=O)NC2CCCCC2C)cc(N)c1Cl. The maximum absolute atomic E-state index is 12.5. The summed E-state index contributed by atoms with van der Waals surface area (Å²) in [7, 11) is -3.54. The number of rotatable bonds is 3. The van der Waals surface area contributed by atoms with E-state index in [0.29, 0.717) is 22.2 Å². The Morgan fingerprint density at radius 3 is 2.55 bits per heavy atom. The minimum atomic E-state index is -3.54. The van der Waals surface area contributed by atoms with Crippen molar-refractivity contribution in [3.05, 3.63) is 22.7 Å². The molecule has 0 spiro atoms. The molecule has 1 aliphatic carbocycles. The molecule has 4 nitrogen and oxygen atoms in total. The third-order valence-corrected chi connectivity index (χ3v) is 5.97. The lowest BCUT2D eigenvalue weighted by Crippen LogP contribution is -2.41. The zero-order chi connectivity index (χ0) is 14.9. The molecule has 0 saturated heterocycles. The number of aryl methyl sites for hydroxylation is 1. The highest BCUT2D eigenvalue weighted by atomic mass is 35.5. The van der Waals surface area contributed by atoms with E-state index in [4.69, 9.17) is 17.3 Å². The second kappa shape index (κ2) is 5.92. The molecule has 1 aromatic rings. The fraction of sp³-hybridized carbons (Fsp3) is 0.571. The van der Waals surface area contributed by atoms with E-state index < -0.39 is 10.0 Å². The average Bonchev–Trinajstić information content (AvgIpc) is 2.38. The fourth-order valence-corrected chi connectivity index (χ4v) is 4.28. The molecule has 0 aromatic heterocycles. The van der Waals surface area contributed by atoms with Gasteiger partial charge in [0.2, 0.25) is 10.0 Å². The standard InChI is InChI=1S/C14H21ClN2O2S/c1-9-5-3-4-6-13(9)17-20(18,19)11-7-10(2)14(15)12(16)8-11/h7-9,13,17H,3-6,16H2,1-2H3.